The smallest absolute Gasteiger partial charge is 0.257 e. The molecule has 1 fully saturated rings. The van der Waals surface area contributed by atoms with Crippen molar-refractivity contribution in [3.05, 3.63) is 51.7 Å². The number of nitrogens with one attached hydrogen (secondary N) is 1. The van der Waals surface area contributed by atoms with Crippen LogP contribution in [0.15, 0.2) is 33.9 Å². The zero-order chi connectivity index (χ0) is 16.2. The number of carbonyl (C=O) groups excluding carboxylic acids is 1. The summed E-state index contributed by atoms with van der Waals surface area (Å²) in [7, 11) is 0. The minimum absolute atomic E-state index is 0.348. The van der Waals surface area contributed by atoms with Gasteiger partial charge < -0.3 is 5.32 Å². The SMILES string of the molecule is O=C(NCCc1ccsc1)c1c(F)ccc(SCC2CC2)c1F. The fourth-order valence-electron chi connectivity index (χ4n) is 2.19. The molecular weight excluding hydrogens is 336 g/mol. The molecule has 0 aliphatic heterocycles. The number of thioether (sulfide) groups is 1. The number of amides is 1. The first-order chi connectivity index (χ1) is 11.1. The highest BCUT2D eigenvalue weighted by atomic mass is 32.2. The zero-order valence-electron chi connectivity index (χ0n) is 12.5. The van der Waals surface area contributed by atoms with E-state index in [0.717, 1.165) is 11.3 Å². The summed E-state index contributed by atoms with van der Waals surface area (Å²) in [6.07, 6.45) is 2.99. The van der Waals surface area contributed by atoms with Crippen LogP contribution in [0.5, 0.6) is 0 Å². The molecule has 122 valence electrons. The maximum atomic E-state index is 14.4. The van der Waals surface area contributed by atoms with Gasteiger partial charge in [-0.1, -0.05) is 0 Å². The Hall–Kier alpha value is -1.40. The lowest BCUT2D eigenvalue weighted by molar-refractivity contribution is 0.0945. The minimum atomic E-state index is -0.814. The second-order valence-electron chi connectivity index (χ2n) is 5.63. The Morgan fingerprint density at radius 3 is 2.83 bits per heavy atom. The van der Waals surface area contributed by atoms with Gasteiger partial charge in [-0.15, -0.1) is 11.8 Å². The highest BCUT2D eigenvalue weighted by molar-refractivity contribution is 7.99. The lowest BCUT2D eigenvalue weighted by Gasteiger charge is -2.10. The molecule has 6 heteroatoms. The van der Waals surface area contributed by atoms with E-state index >= 15 is 0 Å². The normalized spacial score (nSPS) is 14.0. The molecule has 0 spiro atoms. The molecule has 1 aromatic heterocycles. The summed E-state index contributed by atoms with van der Waals surface area (Å²) in [5.41, 5.74) is 0.626. The first-order valence-corrected chi connectivity index (χ1v) is 9.48. The third-order valence-corrected chi connectivity index (χ3v) is 5.73. The molecule has 0 saturated heterocycles. The van der Waals surface area contributed by atoms with Crippen molar-refractivity contribution in [1.29, 1.82) is 0 Å². The number of benzene rings is 1. The Morgan fingerprint density at radius 1 is 1.30 bits per heavy atom. The van der Waals surface area contributed by atoms with E-state index in [9.17, 15) is 13.6 Å². The maximum absolute atomic E-state index is 14.4. The van der Waals surface area contributed by atoms with Gasteiger partial charge in [0.05, 0.1) is 0 Å². The molecule has 0 atom stereocenters. The molecule has 1 saturated carbocycles. The summed E-state index contributed by atoms with van der Waals surface area (Å²) in [5, 5.41) is 6.54. The van der Waals surface area contributed by atoms with Crippen LogP contribution in [-0.4, -0.2) is 18.2 Å². The number of hydrogen-bond acceptors (Lipinski definition) is 3. The van der Waals surface area contributed by atoms with Crippen LogP contribution in [-0.2, 0) is 6.42 Å². The summed E-state index contributed by atoms with van der Waals surface area (Å²) in [4.78, 5) is 12.5. The Bertz CT molecular complexity index is 684. The second kappa shape index (κ2) is 7.45. The Morgan fingerprint density at radius 2 is 2.13 bits per heavy atom. The van der Waals surface area contributed by atoms with Crippen molar-refractivity contribution in [3.8, 4) is 0 Å². The second-order valence-corrected chi connectivity index (χ2v) is 7.47. The predicted octanol–water partition coefficient (Wildman–Crippen LogP) is 4.50. The molecule has 1 aromatic carbocycles. The van der Waals surface area contributed by atoms with Gasteiger partial charge in [-0.25, -0.2) is 8.78 Å². The van der Waals surface area contributed by atoms with E-state index in [1.54, 1.807) is 11.3 Å². The Labute approximate surface area is 142 Å². The lowest BCUT2D eigenvalue weighted by atomic mass is 10.1. The number of carbonyl (C=O) groups is 1. The first kappa shape index (κ1) is 16.5. The van der Waals surface area contributed by atoms with E-state index < -0.39 is 23.1 Å². The van der Waals surface area contributed by atoms with Crippen molar-refractivity contribution in [2.45, 2.75) is 24.2 Å². The molecular formula is C17H17F2NOS2. The molecule has 1 aliphatic rings. The van der Waals surface area contributed by atoms with Crippen molar-refractivity contribution in [2.75, 3.05) is 12.3 Å². The molecule has 2 nitrogen and oxygen atoms in total. The van der Waals surface area contributed by atoms with E-state index in [2.05, 4.69) is 5.32 Å². The molecule has 1 heterocycles. The van der Waals surface area contributed by atoms with E-state index in [1.807, 2.05) is 16.8 Å². The van der Waals surface area contributed by atoms with Gasteiger partial charge in [0.2, 0.25) is 0 Å². The monoisotopic (exact) mass is 353 g/mol. The van der Waals surface area contributed by atoms with Gasteiger partial charge in [-0.3, -0.25) is 4.79 Å². The van der Waals surface area contributed by atoms with Gasteiger partial charge in [0.15, 0.2) is 5.82 Å². The van der Waals surface area contributed by atoms with Crippen LogP contribution >= 0.6 is 23.1 Å². The molecule has 2 aromatic rings. The largest absolute Gasteiger partial charge is 0.352 e. The van der Waals surface area contributed by atoms with E-state index in [0.29, 0.717) is 23.8 Å². The average molecular weight is 353 g/mol. The van der Waals surface area contributed by atoms with Crippen molar-refractivity contribution >= 4 is 29.0 Å². The molecule has 0 radical (unpaired) electrons. The number of thiophene rings is 1. The van der Waals surface area contributed by atoms with Crippen LogP contribution in [0.2, 0.25) is 0 Å². The highest BCUT2D eigenvalue weighted by Crippen LogP contribution is 2.36. The van der Waals surface area contributed by atoms with E-state index in [1.165, 1.54) is 36.7 Å². The average Bonchev–Trinajstić information content (AvgIpc) is 3.21. The molecule has 3 rings (SSSR count). The fourth-order valence-corrected chi connectivity index (χ4v) is 4.03. The Kier molecular flexibility index (Phi) is 5.33. The van der Waals surface area contributed by atoms with Crippen LogP contribution in [0, 0.1) is 17.6 Å². The minimum Gasteiger partial charge on any atom is -0.352 e. The fraction of sp³-hybridized carbons (Fsp3) is 0.353. The molecule has 1 N–H and O–H groups in total. The van der Waals surface area contributed by atoms with Crippen molar-refractivity contribution in [2.24, 2.45) is 5.92 Å². The summed E-state index contributed by atoms with van der Waals surface area (Å²) >= 11 is 2.94. The van der Waals surface area contributed by atoms with Gasteiger partial charge in [-0.2, -0.15) is 11.3 Å². The van der Waals surface area contributed by atoms with E-state index in [-0.39, 0.29) is 0 Å². The van der Waals surface area contributed by atoms with Gasteiger partial charge in [0, 0.05) is 17.2 Å². The molecule has 1 amide bonds. The summed E-state index contributed by atoms with van der Waals surface area (Å²) in [6.45, 7) is 0.355. The zero-order valence-corrected chi connectivity index (χ0v) is 14.1. The highest BCUT2D eigenvalue weighted by Gasteiger charge is 2.24. The quantitative estimate of drug-likeness (QED) is 0.743. The Balaban J connectivity index is 1.64. The number of halogens is 2. The predicted molar refractivity (Wildman–Crippen MR) is 90.2 cm³/mol. The van der Waals surface area contributed by atoms with E-state index in [4.69, 9.17) is 0 Å². The third-order valence-electron chi connectivity index (χ3n) is 3.73. The van der Waals surface area contributed by atoms with Crippen LogP contribution in [0.3, 0.4) is 0 Å². The summed E-state index contributed by atoms with van der Waals surface area (Å²) < 4.78 is 28.3. The van der Waals surface area contributed by atoms with Crippen LogP contribution < -0.4 is 5.32 Å². The summed E-state index contributed by atoms with van der Waals surface area (Å²) in [6, 6.07) is 4.55. The van der Waals surface area contributed by atoms with Crippen LogP contribution in [0.25, 0.3) is 0 Å². The van der Waals surface area contributed by atoms with Gasteiger partial charge in [-0.05, 0) is 59.7 Å². The first-order valence-electron chi connectivity index (χ1n) is 7.55. The van der Waals surface area contributed by atoms with Gasteiger partial charge in [0.1, 0.15) is 11.4 Å². The number of hydrogen-bond donors (Lipinski definition) is 1. The third kappa shape index (κ3) is 4.32. The van der Waals surface area contributed by atoms with Crippen molar-refractivity contribution < 1.29 is 13.6 Å². The topological polar surface area (TPSA) is 29.1 Å². The number of rotatable bonds is 7. The lowest BCUT2D eigenvalue weighted by Crippen LogP contribution is -2.27. The standard InChI is InChI=1S/C17H17F2NOS2/c18-13-3-4-14(23-10-11-1-2-11)16(19)15(13)17(21)20-7-5-12-6-8-22-9-12/h3-4,6,8-9,11H,1-2,5,7,10H2,(H,20,21). The van der Waals surface area contributed by atoms with Crippen molar-refractivity contribution in [1.82, 2.24) is 5.32 Å². The molecule has 23 heavy (non-hydrogen) atoms. The van der Waals surface area contributed by atoms with Crippen LogP contribution in [0.1, 0.15) is 28.8 Å². The summed E-state index contributed by atoms with van der Waals surface area (Å²) in [5.74, 6) is -0.798. The molecule has 1 aliphatic carbocycles. The van der Waals surface area contributed by atoms with Gasteiger partial charge in [0.25, 0.3) is 5.91 Å². The van der Waals surface area contributed by atoms with Crippen LogP contribution in [0.4, 0.5) is 8.78 Å². The molecule has 0 unspecified atom stereocenters. The molecule has 0 bridgehead atoms. The van der Waals surface area contributed by atoms with Crippen molar-refractivity contribution in [3.63, 3.8) is 0 Å². The van der Waals surface area contributed by atoms with Gasteiger partial charge >= 0.3 is 0 Å². The maximum Gasteiger partial charge on any atom is 0.257 e.